The molecule has 0 aromatic rings. The van der Waals surface area contributed by atoms with Crippen molar-refractivity contribution in [3.8, 4) is 0 Å². The molecule has 0 aromatic carbocycles. The molecule has 0 aliphatic carbocycles. The fourth-order valence-electron chi connectivity index (χ4n) is 2.96. The molecule has 2 aliphatic rings. The maximum atomic E-state index is 11.3. The molecule has 6 heteroatoms. The molecule has 2 heterocycles. The minimum absolute atomic E-state index is 0.224. The highest BCUT2D eigenvalue weighted by Gasteiger charge is 2.21. The van der Waals surface area contributed by atoms with Crippen LogP contribution in [0, 0.1) is 0 Å². The first-order chi connectivity index (χ1) is 10.7. The Morgan fingerprint density at radius 3 is 2.00 bits per heavy atom. The van der Waals surface area contributed by atoms with Crippen LogP contribution in [0.2, 0.25) is 0 Å². The van der Waals surface area contributed by atoms with Crippen molar-refractivity contribution >= 4 is 34.1 Å². The molecule has 4 nitrogen and oxygen atoms in total. The fraction of sp³-hybridized carbons (Fsp3) is 0.750. The van der Waals surface area contributed by atoms with Gasteiger partial charge in [0.25, 0.3) is 0 Å². The third-order valence-corrected chi connectivity index (χ3v) is 5.42. The summed E-state index contributed by atoms with van der Waals surface area (Å²) in [4.78, 5) is 16.2. The number of carbonyl (C=O) groups is 1. The summed E-state index contributed by atoms with van der Waals surface area (Å²) in [7, 11) is 1.41. The van der Waals surface area contributed by atoms with Gasteiger partial charge in [0.2, 0.25) is 0 Å². The van der Waals surface area contributed by atoms with Crippen LogP contribution in [-0.4, -0.2) is 59.0 Å². The van der Waals surface area contributed by atoms with Crippen molar-refractivity contribution in [1.29, 1.82) is 0 Å². The molecule has 0 radical (unpaired) electrons. The number of ether oxygens (including phenoxy) is 1. The number of carbonyl (C=O) groups excluding carboxylic acids is 1. The van der Waals surface area contributed by atoms with Crippen LogP contribution in [0.1, 0.15) is 38.5 Å². The van der Waals surface area contributed by atoms with E-state index in [-0.39, 0.29) is 5.97 Å². The van der Waals surface area contributed by atoms with Crippen molar-refractivity contribution in [3.63, 3.8) is 0 Å². The van der Waals surface area contributed by atoms with Gasteiger partial charge < -0.3 is 14.5 Å². The molecule has 0 atom stereocenters. The number of piperidine rings is 2. The number of esters is 1. The lowest BCUT2D eigenvalue weighted by Crippen LogP contribution is -2.41. The monoisotopic (exact) mass is 342 g/mol. The molecule has 124 valence electrons. The average molecular weight is 343 g/mol. The Labute approximate surface area is 143 Å². The van der Waals surface area contributed by atoms with E-state index in [1.807, 2.05) is 0 Å². The number of likely N-dealkylation sites (tertiary alicyclic amines) is 2. The molecule has 0 bridgehead atoms. The molecule has 2 fully saturated rings. The molecule has 2 rings (SSSR count). The van der Waals surface area contributed by atoms with Crippen molar-refractivity contribution in [3.05, 3.63) is 11.9 Å². The third-order valence-electron chi connectivity index (χ3n) is 4.17. The molecule has 0 amide bonds. The van der Waals surface area contributed by atoms with E-state index >= 15 is 0 Å². The van der Waals surface area contributed by atoms with Crippen LogP contribution in [0.15, 0.2) is 11.9 Å². The Balaban J connectivity index is 2.02. The van der Waals surface area contributed by atoms with Crippen molar-refractivity contribution in [1.82, 2.24) is 9.80 Å². The van der Waals surface area contributed by atoms with Gasteiger partial charge in [-0.15, -0.1) is 11.8 Å². The minimum atomic E-state index is -0.224. The lowest BCUT2D eigenvalue weighted by atomic mass is 10.1. The predicted molar refractivity (Wildman–Crippen MR) is 96.0 cm³/mol. The van der Waals surface area contributed by atoms with Gasteiger partial charge >= 0.3 is 5.97 Å². The van der Waals surface area contributed by atoms with Crippen LogP contribution < -0.4 is 0 Å². The first-order valence-electron chi connectivity index (χ1n) is 8.16. The van der Waals surface area contributed by atoms with Gasteiger partial charge in [-0.2, -0.15) is 0 Å². The zero-order valence-electron chi connectivity index (χ0n) is 13.4. The number of nitrogens with zero attached hydrogens (tertiary/aromatic N) is 2. The normalized spacial score (nSPS) is 18.8. The summed E-state index contributed by atoms with van der Waals surface area (Å²) in [5.41, 5.74) is 0. The highest BCUT2D eigenvalue weighted by molar-refractivity contribution is 8.23. The molecule has 2 saturated heterocycles. The highest BCUT2D eigenvalue weighted by Crippen LogP contribution is 2.23. The second-order valence-electron chi connectivity index (χ2n) is 5.78. The summed E-state index contributed by atoms with van der Waals surface area (Å²) in [6.45, 7) is 4.47. The van der Waals surface area contributed by atoms with Gasteiger partial charge in [-0.1, -0.05) is 12.2 Å². The lowest BCUT2D eigenvalue weighted by molar-refractivity contribution is -0.137. The minimum Gasteiger partial charge on any atom is -0.468 e. The second kappa shape index (κ2) is 9.40. The fourth-order valence-corrected chi connectivity index (χ4v) is 3.81. The van der Waals surface area contributed by atoms with Crippen molar-refractivity contribution in [2.75, 3.05) is 39.0 Å². The number of hydrogen-bond donors (Lipinski definition) is 0. The first-order valence-corrected chi connectivity index (χ1v) is 9.55. The van der Waals surface area contributed by atoms with Gasteiger partial charge in [-0.25, -0.2) is 0 Å². The van der Waals surface area contributed by atoms with Gasteiger partial charge in [0.05, 0.1) is 17.1 Å². The molecule has 22 heavy (non-hydrogen) atoms. The second-order valence-corrected chi connectivity index (χ2v) is 7.50. The van der Waals surface area contributed by atoms with Gasteiger partial charge in [-0.3, -0.25) is 4.79 Å². The molecular formula is C16H26N2O2S2. The summed E-state index contributed by atoms with van der Waals surface area (Å²) < 4.78 is 5.45. The Hall–Kier alpha value is -0.750. The SMILES string of the molecule is COC(=O)CSC(=S)C=C(N1CCCCC1)N1CCCCC1. The van der Waals surface area contributed by atoms with Crippen molar-refractivity contribution < 1.29 is 9.53 Å². The van der Waals surface area contributed by atoms with Crippen LogP contribution in [-0.2, 0) is 9.53 Å². The number of methoxy groups -OCH3 is 1. The molecule has 0 spiro atoms. The third kappa shape index (κ3) is 5.47. The summed E-state index contributed by atoms with van der Waals surface area (Å²) >= 11 is 6.85. The van der Waals surface area contributed by atoms with E-state index in [0.29, 0.717) is 5.75 Å². The maximum Gasteiger partial charge on any atom is 0.316 e. The standard InChI is InChI=1S/C16H26N2O2S2/c1-20-15(19)13-22-16(21)12-14(17-8-4-2-5-9-17)18-10-6-3-7-11-18/h12H,2-11,13H2,1H3. The van der Waals surface area contributed by atoms with E-state index in [4.69, 9.17) is 12.2 Å². The Kier molecular flexibility index (Phi) is 7.52. The highest BCUT2D eigenvalue weighted by atomic mass is 32.2. The van der Waals surface area contributed by atoms with Gasteiger partial charge in [0.15, 0.2) is 0 Å². The van der Waals surface area contributed by atoms with Crippen LogP contribution in [0.25, 0.3) is 0 Å². The zero-order chi connectivity index (χ0) is 15.8. The molecule has 0 unspecified atom stereocenters. The first kappa shape index (κ1) is 17.6. The van der Waals surface area contributed by atoms with Crippen molar-refractivity contribution in [2.45, 2.75) is 38.5 Å². The van der Waals surface area contributed by atoms with Crippen LogP contribution in [0.4, 0.5) is 0 Å². The molecule has 0 saturated carbocycles. The average Bonchev–Trinajstić information content (AvgIpc) is 2.59. The number of rotatable bonds is 5. The zero-order valence-corrected chi connectivity index (χ0v) is 15.0. The lowest BCUT2D eigenvalue weighted by Gasteiger charge is -2.40. The number of hydrogen-bond acceptors (Lipinski definition) is 6. The Bertz CT molecular complexity index is 394. The smallest absolute Gasteiger partial charge is 0.316 e. The number of thioether (sulfide) groups is 1. The van der Waals surface area contributed by atoms with Crippen LogP contribution in [0.5, 0.6) is 0 Å². The summed E-state index contributed by atoms with van der Waals surface area (Å²) in [5.74, 6) is 1.33. The molecule has 0 N–H and O–H groups in total. The maximum absolute atomic E-state index is 11.3. The summed E-state index contributed by atoms with van der Waals surface area (Å²) in [5, 5.41) is 0. The quantitative estimate of drug-likeness (QED) is 0.434. The van der Waals surface area contributed by atoms with Crippen molar-refractivity contribution in [2.24, 2.45) is 0 Å². The van der Waals surface area contributed by atoms with Gasteiger partial charge in [0, 0.05) is 32.3 Å². The predicted octanol–water partition coefficient (Wildman–Crippen LogP) is 3.03. The van der Waals surface area contributed by atoms with E-state index in [2.05, 4.69) is 20.6 Å². The molecular weight excluding hydrogens is 316 g/mol. The molecule has 0 aromatic heterocycles. The van der Waals surface area contributed by atoms with E-state index in [0.717, 1.165) is 30.4 Å². The molecule has 2 aliphatic heterocycles. The van der Waals surface area contributed by atoms with Crippen LogP contribution >= 0.6 is 24.0 Å². The van der Waals surface area contributed by atoms with E-state index in [9.17, 15) is 4.79 Å². The number of thiocarbonyl (C=S) groups is 1. The van der Waals surface area contributed by atoms with Gasteiger partial charge in [0.1, 0.15) is 5.82 Å². The summed E-state index contributed by atoms with van der Waals surface area (Å²) in [6.07, 6.45) is 9.77. The Morgan fingerprint density at radius 2 is 1.55 bits per heavy atom. The summed E-state index contributed by atoms with van der Waals surface area (Å²) in [6, 6.07) is 0. The van der Waals surface area contributed by atoms with Gasteiger partial charge in [-0.05, 0) is 38.5 Å². The van der Waals surface area contributed by atoms with E-state index in [1.54, 1.807) is 0 Å². The van der Waals surface area contributed by atoms with E-state index in [1.165, 1.54) is 63.2 Å². The van der Waals surface area contributed by atoms with E-state index < -0.39 is 0 Å². The van der Waals surface area contributed by atoms with Crippen LogP contribution in [0.3, 0.4) is 0 Å². The Morgan fingerprint density at radius 1 is 1.05 bits per heavy atom. The topological polar surface area (TPSA) is 32.8 Å². The largest absolute Gasteiger partial charge is 0.468 e.